The summed E-state index contributed by atoms with van der Waals surface area (Å²) in [6.45, 7) is -0.192. The molecule has 102 valence electrons. The van der Waals surface area contributed by atoms with Crippen molar-refractivity contribution in [3.63, 3.8) is 0 Å². The van der Waals surface area contributed by atoms with Crippen LogP contribution in [0.15, 0.2) is 29.3 Å². The van der Waals surface area contributed by atoms with Crippen LogP contribution >= 0.6 is 22.9 Å². The number of amides is 1. The molecule has 20 heavy (non-hydrogen) atoms. The normalized spacial score (nSPS) is 14.3. The highest BCUT2D eigenvalue weighted by atomic mass is 35.5. The lowest BCUT2D eigenvalue weighted by Gasteiger charge is -2.07. The highest BCUT2D eigenvalue weighted by molar-refractivity contribution is 7.20. The number of hydrogen-bond donors (Lipinski definition) is 1. The summed E-state index contributed by atoms with van der Waals surface area (Å²) in [7, 11) is 0. The molecule has 1 aromatic carbocycles. The third kappa shape index (κ3) is 2.21. The molecule has 0 saturated heterocycles. The Morgan fingerprint density at radius 2 is 2.00 bits per heavy atom. The third-order valence-corrected chi connectivity index (χ3v) is 3.97. The molecule has 0 unspecified atom stereocenters. The lowest BCUT2D eigenvalue weighted by atomic mass is 10.0. The number of fused-ring (bicyclic) bond motifs is 1. The third-order valence-electron chi connectivity index (χ3n) is 2.79. The molecular formula is C13H7ClF2N2OS. The number of nitrogens with one attached hydrogen (secondary N) is 1. The number of rotatable bonds is 1. The van der Waals surface area contributed by atoms with Crippen LogP contribution in [0.25, 0.3) is 0 Å². The minimum Gasteiger partial charge on any atom is -0.315 e. The fraction of sp³-hybridized carbons (Fsp3) is 0.0769. The van der Waals surface area contributed by atoms with Crippen molar-refractivity contribution in [3.05, 3.63) is 51.4 Å². The molecule has 0 radical (unpaired) electrons. The van der Waals surface area contributed by atoms with Crippen LogP contribution in [0.2, 0.25) is 4.34 Å². The monoisotopic (exact) mass is 312 g/mol. The Hall–Kier alpha value is -1.79. The Balaban J connectivity index is 2.25. The maximum absolute atomic E-state index is 13.9. The highest BCUT2D eigenvalue weighted by Crippen LogP contribution is 2.35. The smallest absolute Gasteiger partial charge is 0.246 e. The average Bonchev–Trinajstić information content (AvgIpc) is 2.66. The molecule has 7 heteroatoms. The summed E-state index contributed by atoms with van der Waals surface area (Å²) in [5.41, 5.74) is 0.270. The standard InChI is InChI=1S/C13H7ClF2N2OS/c14-9-4-6-12(11-7(15)2-1-3-8(11)16)17-5-10(19)18-13(6)20-9/h1-4H,5H2,(H,18,19). The van der Waals surface area contributed by atoms with E-state index in [2.05, 4.69) is 10.3 Å². The quantitative estimate of drug-likeness (QED) is 0.860. The molecule has 1 aliphatic heterocycles. The number of benzene rings is 1. The summed E-state index contributed by atoms with van der Waals surface area (Å²) in [4.78, 5) is 15.6. The van der Waals surface area contributed by atoms with Crippen molar-refractivity contribution >= 4 is 39.6 Å². The molecular weight excluding hydrogens is 306 g/mol. The van der Waals surface area contributed by atoms with E-state index >= 15 is 0 Å². The van der Waals surface area contributed by atoms with Gasteiger partial charge in [0.05, 0.1) is 15.6 Å². The van der Waals surface area contributed by atoms with Gasteiger partial charge in [0.1, 0.15) is 23.2 Å². The summed E-state index contributed by atoms with van der Waals surface area (Å²) >= 11 is 7.03. The van der Waals surface area contributed by atoms with E-state index in [-0.39, 0.29) is 23.7 Å². The molecule has 0 spiro atoms. The maximum Gasteiger partial charge on any atom is 0.246 e. The lowest BCUT2D eigenvalue weighted by molar-refractivity contribution is -0.114. The van der Waals surface area contributed by atoms with Crippen LogP contribution in [-0.4, -0.2) is 18.2 Å². The van der Waals surface area contributed by atoms with Gasteiger partial charge < -0.3 is 5.32 Å². The van der Waals surface area contributed by atoms with Gasteiger partial charge in [0.15, 0.2) is 0 Å². The SMILES string of the molecule is O=C1CN=C(c2c(F)cccc2F)c2cc(Cl)sc2N1. The van der Waals surface area contributed by atoms with Crippen LogP contribution in [0, 0.1) is 11.6 Å². The average molecular weight is 313 g/mol. The zero-order valence-electron chi connectivity index (χ0n) is 9.91. The molecule has 1 aromatic heterocycles. The first-order chi connectivity index (χ1) is 9.56. The minimum atomic E-state index is -0.730. The molecule has 3 nitrogen and oxygen atoms in total. The van der Waals surface area contributed by atoms with Crippen LogP contribution in [0.1, 0.15) is 11.1 Å². The zero-order valence-corrected chi connectivity index (χ0v) is 11.5. The molecule has 1 aliphatic rings. The summed E-state index contributed by atoms with van der Waals surface area (Å²) in [6, 6.07) is 5.11. The van der Waals surface area contributed by atoms with Crippen molar-refractivity contribution in [1.82, 2.24) is 0 Å². The fourth-order valence-corrected chi connectivity index (χ4v) is 3.11. The van der Waals surface area contributed by atoms with Gasteiger partial charge in [-0.3, -0.25) is 9.79 Å². The fourth-order valence-electron chi connectivity index (χ4n) is 1.97. The second-order valence-electron chi connectivity index (χ2n) is 4.10. The number of aliphatic imine (C=N–C) groups is 1. The van der Waals surface area contributed by atoms with Gasteiger partial charge in [-0.15, -0.1) is 11.3 Å². The van der Waals surface area contributed by atoms with Crippen LogP contribution in [-0.2, 0) is 4.79 Å². The Kier molecular flexibility index (Phi) is 3.27. The molecule has 0 aliphatic carbocycles. The van der Waals surface area contributed by atoms with Crippen LogP contribution < -0.4 is 5.32 Å². The van der Waals surface area contributed by atoms with Gasteiger partial charge in [-0.2, -0.15) is 0 Å². The number of nitrogens with zero attached hydrogens (tertiary/aromatic N) is 1. The van der Waals surface area contributed by atoms with E-state index < -0.39 is 11.6 Å². The maximum atomic E-state index is 13.9. The second kappa shape index (κ2) is 4.96. The van der Waals surface area contributed by atoms with E-state index in [1.807, 2.05) is 0 Å². The Morgan fingerprint density at radius 1 is 1.30 bits per heavy atom. The summed E-state index contributed by atoms with van der Waals surface area (Å²) in [5, 5.41) is 3.06. The Bertz CT molecular complexity index is 722. The summed E-state index contributed by atoms with van der Waals surface area (Å²) < 4.78 is 28.2. The summed E-state index contributed by atoms with van der Waals surface area (Å²) in [6.07, 6.45) is 0. The zero-order chi connectivity index (χ0) is 14.3. The largest absolute Gasteiger partial charge is 0.315 e. The molecule has 0 saturated carbocycles. The van der Waals surface area contributed by atoms with Crippen molar-refractivity contribution in [3.8, 4) is 0 Å². The predicted octanol–water partition coefficient (Wildman–Crippen LogP) is 3.47. The number of carbonyl (C=O) groups excluding carboxylic acids is 1. The van der Waals surface area contributed by atoms with Gasteiger partial charge in [-0.1, -0.05) is 17.7 Å². The van der Waals surface area contributed by atoms with Gasteiger partial charge in [-0.25, -0.2) is 8.78 Å². The van der Waals surface area contributed by atoms with Crippen molar-refractivity contribution in [2.24, 2.45) is 4.99 Å². The van der Waals surface area contributed by atoms with E-state index in [0.717, 1.165) is 23.5 Å². The number of carbonyl (C=O) groups is 1. The molecule has 0 atom stereocenters. The summed E-state index contributed by atoms with van der Waals surface area (Å²) in [5.74, 6) is -1.81. The van der Waals surface area contributed by atoms with Crippen LogP contribution in [0.4, 0.5) is 13.8 Å². The highest BCUT2D eigenvalue weighted by Gasteiger charge is 2.24. The van der Waals surface area contributed by atoms with Crippen LogP contribution in [0.3, 0.4) is 0 Å². The molecule has 1 amide bonds. The van der Waals surface area contributed by atoms with Gasteiger partial charge >= 0.3 is 0 Å². The predicted molar refractivity (Wildman–Crippen MR) is 74.8 cm³/mol. The van der Waals surface area contributed by atoms with Gasteiger partial charge in [-0.05, 0) is 18.2 Å². The number of halogens is 3. The van der Waals surface area contributed by atoms with Crippen molar-refractivity contribution in [2.75, 3.05) is 11.9 Å². The Labute approximate surface area is 121 Å². The molecule has 3 rings (SSSR count). The number of thiophene rings is 1. The second-order valence-corrected chi connectivity index (χ2v) is 5.79. The first-order valence-electron chi connectivity index (χ1n) is 5.64. The van der Waals surface area contributed by atoms with E-state index in [1.165, 1.54) is 12.1 Å². The van der Waals surface area contributed by atoms with Crippen molar-refractivity contribution in [1.29, 1.82) is 0 Å². The molecule has 1 N–H and O–H groups in total. The van der Waals surface area contributed by atoms with Crippen LogP contribution in [0.5, 0.6) is 0 Å². The number of anilines is 1. The first-order valence-corrected chi connectivity index (χ1v) is 6.84. The van der Waals surface area contributed by atoms with Gasteiger partial charge in [0, 0.05) is 5.56 Å². The van der Waals surface area contributed by atoms with Gasteiger partial charge in [0.25, 0.3) is 0 Å². The van der Waals surface area contributed by atoms with Gasteiger partial charge in [0.2, 0.25) is 5.91 Å². The van der Waals surface area contributed by atoms with Crippen molar-refractivity contribution < 1.29 is 13.6 Å². The van der Waals surface area contributed by atoms with Crippen molar-refractivity contribution in [2.45, 2.75) is 0 Å². The Morgan fingerprint density at radius 3 is 2.70 bits per heavy atom. The molecule has 2 heterocycles. The van der Waals surface area contributed by atoms with E-state index in [9.17, 15) is 13.6 Å². The first kappa shape index (κ1) is 13.2. The van der Waals surface area contributed by atoms with E-state index in [0.29, 0.717) is 14.9 Å². The van der Waals surface area contributed by atoms with E-state index in [1.54, 1.807) is 0 Å². The molecule has 2 aromatic rings. The minimum absolute atomic E-state index is 0.0945. The lowest BCUT2D eigenvalue weighted by Crippen LogP contribution is -2.12. The molecule has 0 bridgehead atoms. The molecule has 0 fully saturated rings. The van der Waals surface area contributed by atoms with E-state index in [4.69, 9.17) is 11.6 Å². The topological polar surface area (TPSA) is 41.5 Å². The number of hydrogen-bond acceptors (Lipinski definition) is 3.